The first-order valence-electron chi connectivity index (χ1n) is 5.21. The maximum Gasteiger partial charge on any atom is 0.0592 e. The largest absolute Gasteiger partial charge is 0.370 e. The minimum atomic E-state index is 0.777. The average molecular weight is 334 g/mol. The molecular weight excluding hydrogens is 320 g/mol. The third kappa shape index (κ3) is 2.72. The van der Waals surface area contributed by atoms with Gasteiger partial charge in [0.25, 0.3) is 0 Å². The van der Waals surface area contributed by atoms with E-state index < -0.39 is 0 Å². The van der Waals surface area contributed by atoms with Gasteiger partial charge in [-0.2, -0.15) is 0 Å². The van der Waals surface area contributed by atoms with Crippen molar-refractivity contribution >= 4 is 37.5 Å². The number of pyridine rings is 1. The Balaban J connectivity index is 2.13. The average Bonchev–Trinajstić information content (AvgIpc) is 2.30. The normalized spacial score (nSPS) is 21.7. The third-order valence-corrected chi connectivity index (χ3v) is 4.36. The first-order valence-corrected chi connectivity index (χ1v) is 7.13. The highest BCUT2D eigenvalue weighted by molar-refractivity contribution is 9.10. The van der Waals surface area contributed by atoms with Crippen LogP contribution in [-0.4, -0.2) is 23.4 Å². The number of nitrogens with zero attached hydrogens (tertiary/aromatic N) is 2. The summed E-state index contributed by atoms with van der Waals surface area (Å²) in [5.41, 5.74) is 1.27. The number of alkyl halides is 1. The Morgan fingerprint density at radius 3 is 3.13 bits per heavy atom. The van der Waals surface area contributed by atoms with E-state index in [9.17, 15) is 0 Å². The van der Waals surface area contributed by atoms with Crippen LogP contribution in [-0.2, 0) is 0 Å². The molecule has 0 aromatic carbocycles. The number of hydrogen-bond donors (Lipinski definition) is 0. The number of hydrogen-bond acceptors (Lipinski definition) is 2. The molecule has 2 heterocycles. The highest BCUT2D eigenvalue weighted by Gasteiger charge is 2.20. The molecule has 0 aliphatic carbocycles. The first kappa shape index (κ1) is 11.4. The highest BCUT2D eigenvalue weighted by atomic mass is 79.9. The molecule has 15 heavy (non-hydrogen) atoms. The molecule has 1 unspecified atom stereocenters. The number of piperidine rings is 1. The van der Waals surface area contributed by atoms with Crippen LogP contribution >= 0.6 is 31.9 Å². The molecule has 1 saturated heterocycles. The van der Waals surface area contributed by atoms with Crippen molar-refractivity contribution < 1.29 is 0 Å². The van der Waals surface area contributed by atoms with Gasteiger partial charge in [-0.1, -0.05) is 15.9 Å². The lowest BCUT2D eigenvalue weighted by atomic mass is 10.00. The van der Waals surface area contributed by atoms with Gasteiger partial charge in [-0.15, -0.1) is 0 Å². The Bertz CT molecular complexity index is 330. The maximum absolute atomic E-state index is 4.10. The SMILES string of the molecule is BrCC1CCCN(c2ccncc2Br)C1. The van der Waals surface area contributed by atoms with E-state index in [4.69, 9.17) is 0 Å². The summed E-state index contributed by atoms with van der Waals surface area (Å²) in [4.78, 5) is 6.54. The summed E-state index contributed by atoms with van der Waals surface area (Å²) in [5.74, 6) is 0.777. The Morgan fingerprint density at radius 2 is 2.40 bits per heavy atom. The molecule has 0 N–H and O–H groups in total. The van der Waals surface area contributed by atoms with Crippen molar-refractivity contribution in [1.29, 1.82) is 0 Å². The fraction of sp³-hybridized carbons (Fsp3) is 0.545. The molecule has 1 atom stereocenters. The molecular formula is C11H14Br2N2. The molecule has 1 aliphatic heterocycles. The van der Waals surface area contributed by atoms with Gasteiger partial charge in [0.2, 0.25) is 0 Å². The summed E-state index contributed by atoms with van der Waals surface area (Å²) in [5, 5.41) is 1.10. The van der Waals surface area contributed by atoms with Gasteiger partial charge in [-0.25, -0.2) is 0 Å². The maximum atomic E-state index is 4.10. The summed E-state index contributed by atoms with van der Waals surface area (Å²) in [7, 11) is 0. The van der Waals surface area contributed by atoms with E-state index in [2.05, 4.69) is 47.8 Å². The lowest BCUT2D eigenvalue weighted by Crippen LogP contribution is -2.36. The Hall–Kier alpha value is -0.0900. The lowest BCUT2D eigenvalue weighted by Gasteiger charge is -2.34. The van der Waals surface area contributed by atoms with E-state index in [1.54, 1.807) is 0 Å². The molecule has 1 aromatic rings. The van der Waals surface area contributed by atoms with Gasteiger partial charge >= 0.3 is 0 Å². The number of anilines is 1. The lowest BCUT2D eigenvalue weighted by molar-refractivity contribution is 0.454. The quantitative estimate of drug-likeness (QED) is 0.770. The van der Waals surface area contributed by atoms with Crippen LogP contribution in [0.2, 0.25) is 0 Å². The molecule has 4 heteroatoms. The van der Waals surface area contributed by atoms with Crippen molar-refractivity contribution in [3.8, 4) is 0 Å². The topological polar surface area (TPSA) is 16.1 Å². The molecule has 2 rings (SSSR count). The van der Waals surface area contributed by atoms with E-state index in [1.165, 1.54) is 18.5 Å². The minimum Gasteiger partial charge on any atom is -0.370 e. The molecule has 1 fully saturated rings. The smallest absolute Gasteiger partial charge is 0.0592 e. The fourth-order valence-electron chi connectivity index (χ4n) is 2.03. The Labute approximate surface area is 107 Å². The van der Waals surface area contributed by atoms with Crippen LogP contribution in [0.4, 0.5) is 5.69 Å². The van der Waals surface area contributed by atoms with Crippen molar-refractivity contribution in [3.05, 3.63) is 22.9 Å². The van der Waals surface area contributed by atoms with Crippen molar-refractivity contribution in [1.82, 2.24) is 4.98 Å². The summed E-state index contributed by atoms with van der Waals surface area (Å²) in [6.45, 7) is 2.31. The molecule has 0 bridgehead atoms. The van der Waals surface area contributed by atoms with Crippen LogP contribution in [0.1, 0.15) is 12.8 Å². The predicted octanol–water partition coefficient (Wildman–Crippen LogP) is 3.46. The standard InChI is InChI=1S/C11H14Br2N2/c12-6-9-2-1-5-15(8-9)11-3-4-14-7-10(11)13/h3-4,7,9H,1-2,5-6,8H2. The second-order valence-corrected chi connectivity index (χ2v) is 5.44. The van der Waals surface area contributed by atoms with Gasteiger partial charge < -0.3 is 4.90 Å². The van der Waals surface area contributed by atoms with Crippen LogP contribution in [0.3, 0.4) is 0 Å². The molecule has 1 aromatic heterocycles. The fourth-order valence-corrected chi connectivity index (χ4v) is 3.06. The second-order valence-electron chi connectivity index (χ2n) is 3.94. The van der Waals surface area contributed by atoms with Gasteiger partial charge in [-0.3, -0.25) is 4.98 Å². The van der Waals surface area contributed by atoms with Crippen LogP contribution in [0.15, 0.2) is 22.9 Å². The van der Waals surface area contributed by atoms with E-state index >= 15 is 0 Å². The van der Waals surface area contributed by atoms with Gasteiger partial charge in [0.15, 0.2) is 0 Å². The third-order valence-electron chi connectivity index (χ3n) is 2.83. The van der Waals surface area contributed by atoms with Crippen molar-refractivity contribution in [3.63, 3.8) is 0 Å². The summed E-state index contributed by atoms with van der Waals surface area (Å²) in [6.07, 6.45) is 6.35. The molecule has 0 radical (unpaired) electrons. The van der Waals surface area contributed by atoms with E-state index in [0.29, 0.717) is 0 Å². The van der Waals surface area contributed by atoms with Crippen LogP contribution in [0.5, 0.6) is 0 Å². The Kier molecular flexibility index (Phi) is 4.03. The second kappa shape index (κ2) is 5.30. The van der Waals surface area contributed by atoms with Gasteiger partial charge in [0.05, 0.1) is 10.2 Å². The van der Waals surface area contributed by atoms with Gasteiger partial charge in [-0.05, 0) is 40.8 Å². The van der Waals surface area contributed by atoms with Crippen LogP contribution in [0, 0.1) is 5.92 Å². The number of halogens is 2. The van der Waals surface area contributed by atoms with E-state index in [0.717, 1.165) is 28.8 Å². The highest BCUT2D eigenvalue weighted by Crippen LogP contribution is 2.29. The zero-order valence-electron chi connectivity index (χ0n) is 8.50. The molecule has 82 valence electrons. The summed E-state index contributed by atoms with van der Waals surface area (Å²) < 4.78 is 1.10. The number of aromatic nitrogens is 1. The van der Waals surface area contributed by atoms with Gasteiger partial charge in [0.1, 0.15) is 0 Å². The molecule has 0 amide bonds. The van der Waals surface area contributed by atoms with Crippen LogP contribution < -0.4 is 4.90 Å². The Morgan fingerprint density at radius 1 is 1.53 bits per heavy atom. The molecule has 1 aliphatic rings. The van der Waals surface area contributed by atoms with Crippen molar-refractivity contribution in [2.75, 3.05) is 23.3 Å². The summed E-state index contributed by atoms with van der Waals surface area (Å²) >= 11 is 7.14. The zero-order valence-corrected chi connectivity index (χ0v) is 11.7. The molecule has 0 spiro atoms. The minimum absolute atomic E-state index is 0.777. The van der Waals surface area contributed by atoms with Gasteiger partial charge in [0, 0.05) is 30.8 Å². The molecule has 0 saturated carbocycles. The van der Waals surface area contributed by atoms with E-state index in [1.807, 2.05) is 12.4 Å². The monoisotopic (exact) mass is 332 g/mol. The van der Waals surface area contributed by atoms with Crippen LogP contribution in [0.25, 0.3) is 0 Å². The number of rotatable bonds is 2. The first-order chi connectivity index (χ1) is 7.31. The van der Waals surface area contributed by atoms with Crippen molar-refractivity contribution in [2.45, 2.75) is 12.8 Å². The van der Waals surface area contributed by atoms with E-state index in [-0.39, 0.29) is 0 Å². The summed E-state index contributed by atoms with van der Waals surface area (Å²) in [6, 6.07) is 2.08. The zero-order chi connectivity index (χ0) is 10.7. The molecule has 2 nitrogen and oxygen atoms in total. The predicted molar refractivity (Wildman–Crippen MR) is 70.7 cm³/mol. The van der Waals surface area contributed by atoms with Crippen molar-refractivity contribution in [2.24, 2.45) is 5.92 Å².